The molecule has 1 unspecified atom stereocenters. The molecule has 24 heavy (non-hydrogen) atoms. The van der Waals surface area contributed by atoms with Gasteiger partial charge in [-0.15, -0.1) is 0 Å². The maximum atomic E-state index is 13.0. The molecule has 8 heteroatoms. The summed E-state index contributed by atoms with van der Waals surface area (Å²) in [7, 11) is -3.65. The number of sulfonamides is 1. The molecule has 2 aromatic heterocycles. The van der Waals surface area contributed by atoms with E-state index in [0.29, 0.717) is 25.4 Å². The fourth-order valence-corrected chi connectivity index (χ4v) is 4.13. The minimum atomic E-state index is -3.65. The minimum Gasteiger partial charge on any atom is -0.377 e. The van der Waals surface area contributed by atoms with E-state index in [-0.39, 0.29) is 17.5 Å². The van der Waals surface area contributed by atoms with Gasteiger partial charge in [-0.1, -0.05) is 6.07 Å². The van der Waals surface area contributed by atoms with Crippen molar-refractivity contribution in [1.29, 1.82) is 0 Å². The first-order chi connectivity index (χ1) is 11.6. The van der Waals surface area contributed by atoms with E-state index in [1.165, 1.54) is 10.5 Å². The highest BCUT2D eigenvalue weighted by atomic mass is 32.2. The van der Waals surface area contributed by atoms with Crippen LogP contribution in [0, 0.1) is 0 Å². The molecule has 0 amide bonds. The summed E-state index contributed by atoms with van der Waals surface area (Å²) in [6, 6.07) is 5.50. The Kier molecular flexibility index (Phi) is 5.27. The van der Waals surface area contributed by atoms with Crippen LogP contribution in [0.25, 0.3) is 0 Å². The molecule has 1 atom stereocenters. The van der Waals surface area contributed by atoms with Crippen LogP contribution in [0.2, 0.25) is 0 Å². The fraction of sp³-hybridized carbons (Fsp3) is 0.500. The maximum Gasteiger partial charge on any atom is 0.246 e. The van der Waals surface area contributed by atoms with E-state index in [0.717, 1.165) is 12.8 Å². The van der Waals surface area contributed by atoms with Crippen molar-refractivity contribution < 1.29 is 13.2 Å². The second kappa shape index (κ2) is 7.42. The Labute approximate surface area is 142 Å². The largest absolute Gasteiger partial charge is 0.377 e. The van der Waals surface area contributed by atoms with Crippen molar-refractivity contribution in [1.82, 2.24) is 19.1 Å². The van der Waals surface area contributed by atoms with Gasteiger partial charge in [-0.2, -0.15) is 9.40 Å². The molecule has 0 bridgehead atoms. The SMILES string of the molecule is CCn1cc(S(=O)(=O)N(Cc2ccccn2)CC2CCCO2)cn1. The maximum absolute atomic E-state index is 13.0. The molecule has 0 spiro atoms. The quantitative estimate of drug-likeness (QED) is 0.759. The molecule has 0 radical (unpaired) electrons. The highest BCUT2D eigenvalue weighted by molar-refractivity contribution is 7.89. The Morgan fingerprint density at radius 1 is 1.42 bits per heavy atom. The zero-order valence-corrected chi connectivity index (χ0v) is 14.5. The lowest BCUT2D eigenvalue weighted by molar-refractivity contribution is 0.0924. The normalized spacial score (nSPS) is 18.3. The number of aromatic nitrogens is 3. The second-order valence-electron chi connectivity index (χ2n) is 5.79. The summed E-state index contributed by atoms with van der Waals surface area (Å²) in [6.07, 6.45) is 6.42. The van der Waals surface area contributed by atoms with E-state index in [9.17, 15) is 8.42 Å². The Balaban J connectivity index is 1.86. The Bertz CT molecular complexity index is 755. The predicted octanol–water partition coefficient (Wildman–Crippen LogP) is 1.67. The molecule has 0 aliphatic carbocycles. The highest BCUT2D eigenvalue weighted by Gasteiger charge is 2.30. The molecule has 130 valence electrons. The molecule has 0 aromatic carbocycles. The molecule has 0 N–H and O–H groups in total. The van der Waals surface area contributed by atoms with Gasteiger partial charge in [-0.25, -0.2) is 8.42 Å². The lowest BCUT2D eigenvalue weighted by atomic mass is 10.2. The summed E-state index contributed by atoms with van der Waals surface area (Å²) in [4.78, 5) is 4.46. The molecule has 2 aromatic rings. The van der Waals surface area contributed by atoms with E-state index in [4.69, 9.17) is 4.74 Å². The van der Waals surface area contributed by atoms with Crippen molar-refractivity contribution in [3.8, 4) is 0 Å². The monoisotopic (exact) mass is 350 g/mol. The molecule has 1 aliphatic heterocycles. The van der Waals surface area contributed by atoms with Crippen LogP contribution < -0.4 is 0 Å². The van der Waals surface area contributed by atoms with Crippen LogP contribution in [-0.2, 0) is 27.8 Å². The first kappa shape index (κ1) is 17.1. The summed E-state index contributed by atoms with van der Waals surface area (Å²) in [5.74, 6) is 0. The summed E-state index contributed by atoms with van der Waals surface area (Å²) in [5, 5.41) is 4.09. The third kappa shape index (κ3) is 3.82. The molecular formula is C16H22N4O3S. The van der Waals surface area contributed by atoms with Gasteiger partial charge in [0.05, 0.1) is 24.5 Å². The second-order valence-corrected chi connectivity index (χ2v) is 7.72. The van der Waals surface area contributed by atoms with Gasteiger partial charge in [0.15, 0.2) is 0 Å². The van der Waals surface area contributed by atoms with Crippen molar-refractivity contribution in [2.75, 3.05) is 13.2 Å². The molecule has 1 fully saturated rings. The van der Waals surface area contributed by atoms with Gasteiger partial charge in [0.1, 0.15) is 4.90 Å². The summed E-state index contributed by atoms with van der Waals surface area (Å²) < 4.78 is 34.8. The Morgan fingerprint density at radius 3 is 2.92 bits per heavy atom. The third-order valence-corrected chi connectivity index (χ3v) is 5.83. The van der Waals surface area contributed by atoms with Crippen LogP contribution in [0.3, 0.4) is 0 Å². The van der Waals surface area contributed by atoms with Gasteiger partial charge in [0.25, 0.3) is 0 Å². The number of hydrogen-bond donors (Lipinski definition) is 0. The van der Waals surface area contributed by atoms with Crippen LogP contribution in [0.4, 0.5) is 0 Å². The first-order valence-corrected chi connectivity index (χ1v) is 9.57. The van der Waals surface area contributed by atoms with Crippen molar-refractivity contribution in [3.63, 3.8) is 0 Å². The van der Waals surface area contributed by atoms with Crippen molar-refractivity contribution in [2.24, 2.45) is 0 Å². The number of pyridine rings is 1. The van der Waals surface area contributed by atoms with E-state index < -0.39 is 10.0 Å². The third-order valence-electron chi connectivity index (χ3n) is 4.07. The van der Waals surface area contributed by atoms with Crippen LogP contribution in [0.5, 0.6) is 0 Å². The lowest BCUT2D eigenvalue weighted by Gasteiger charge is -2.24. The Morgan fingerprint density at radius 2 is 2.29 bits per heavy atom. The zero-order valence-electron chi connectivity index (χ0n) is 13.7. The number of nitrogens with zero attached hydrogens (tertiary/aromatic N) is 4. The molecule has 1 aliphatic rings. The summed E-state index contributed by atoms with van der Waals surface area (Å²) in [6.45, 7) is 3.79. The van der Waals surface area contributed by atoms with Gasteiger partial charge in [0.2, 0.25) is 10.0 Å². The topological polar surface area (TPSA) is 77.3 Å². The summed E-state index contributed by atoms with van der Waals surface area (Å²) in [5.41, 5.74) is 0.710. The summed E-state index contributed by atoms with van der Waals surface area (Å²) >= 11 is 0. The number of rotatable bonds is 7. The molecule has 7 nitrogen and oxygen atoms in total. The van der Waals surface area contributed by atoms with E-state index in [1.54, 1.807) is 17.1 Å². The van der Waals surface area contributed by atoms with Crippen LogP contribution in [0.1, 0.15) is 25.5 Å². The van der Waals surface area contributed by atoms with Gasteiger partial charge < -0.3 is 4.74 Å². The first-order valence-electron chi connectivity index (χ1n) is 8.13. The average molecular weight is 350 g/mol. The van der Waals surface area contributed by atoms with E-state index >= 15 is 0 Å². The van der Waals surface area contributed by atoms with Gasteiger partial charge >= 0.3 is 0 Å². The smallest absolute Gasteiger partial charge is 0.246 e. The van der Waals surface area contributed by atoms with Crippen molar-refractivity contribution in [3.05, 3.63) is 42.5 Å². The molecule has 3 rings (SSSR count). The van der Waals surface area contributed by atoms with Crippen molar-refractivity contribution >= 4 is 10.0 Å². The number of ether oxygens (including phenoxy) is 1. The standard InChI is InChI=1S/C16H22N4O3S/c1-2-19-13-16(10-18-19)24(21,22)20(12-15-7-5-9-23-15)11-14-6-3-4-8-17-14/h3-4,6,8,10,13,15H,2,5,7,9,11-12H2,1H3. The molecule has 1 saturated heterocycles. The van der Waals surface area contributed by atoms with Gasteiger partial charge in [-0.05, 0) is 31.9 Å². The Hall–Kier alpha value is -1.77. The highest BCUT2D eigenvalue weighted by Crippen LogP contribution is 2.21. The van der Waals surface area contributed by atoms with Crippen LogP contribution in [0.15, 0.2) is 41.7 Å². The molecule has 3 heterocycles. The fourth-order valence-electron chi connectivity index (χ4n) is 2.74. The zero-order chi connectivity index (χ0) is 17.0. The van der Waals surface area contributed by atoms with E-state index in [2.05, 4.69) is 10.1 Å². The minimum absolute atomic E-state index is 0.0651. The number of hydrogen-bond acceptors (Lipinski definition) is 5. The average Bonchev–Trinajstić information content (AvgIpc) is 3.27. The molecular weight excluding hydrogens is 328 g/mol. The predicted molar refractivity (Wildman–Crippen MR) is 88.7 cm³/mol. The van der Waals surface area contributed by atoms with E-state index in [1.807, 2.05) is 25.1 Å². The molecule has 0 saturated carbocycles. The van der Waals surface area contributed by atoms with Crippen LogP contribution in [-0.4, -0.2) is 46.7 Å². The van der Waals surface area contributed by atoms with Crippen LogP contribution >= 0.6 is 0 Å². The number of aryl methyl sites for hydroxylation is 1. The lowest BCUT2D eigenvalue weighted by Crippen LogP contribution is -2.37. The van der Waals surface area contributed by atoms with Gasteiger partial charge in [-0.3, -0.25) is 9.67 Å². The van der Waals surface area contributed by atoms with Crippen molar-refractivity contribution in [2.45, 2.75) is 43.9 Å². The van der Waals surface area contributed by atoms with Gasteiger partial charge in [0, 0.05) is 32.1 Å².